The van der Waals surface area contributed by atoms with Crippen molar-refractivity contribution in [2.24, 2.45) is 0 Å². The van der Waals surface area contributed by atoms with Crippen LogP contribution in [0.4, 0.5) is 0 Å². The number of hydrogen-bond acceptors (Lipinski definition) is 0. The molecule has 1 atom stereocenters. The van der Waals surface area contributed by atoms with Gasteiger partial charge in [0.15, 0.2) is 0 Å². The molecule has 1 aliphatic heterocycles. The van der Waals surface area contributed by atoms with E-state index in [9.17, 15) is 0 Å². The Morgan fingerprint density at radius 3 is 2.67 bits per heavy atom. The summed E-state index contributed by atoms with van der Waals surface area (Å²) in [5.74, 6) is 0. The van der Waals surface area contributed by atoms with E-state index < -0.39 is 13.2 Å². The van der Waals surface area contributed by atoms with Gasteiger partial charge in [-0.15, -0.1) is 0 Å². The van der Waals surface area contributed by atoms with Crippen molar-refractivity contribution in [2.45, 2.75) is 6.54 Å². The number of quaternary nitrogens is 1. The molecule has 0 saturated carbocycles. The van der Waals surface area contributed by atoms with E-state index in [1.807, 2.05) is 0 Å². The number of nitrogens with zero attached hydrogens (tertiary/aromatic N) is 1. The molecule has 0 N–H and O–H groups in total. The minimum absolute atomic E-state index is 1.01. The molecule has 1 aromatic rings. The van der Waals surface area contributed by atoms with E-state index in [0.29, 0.717) is 0 Å². The second-order valence-electron chi connectivity index (χ2n) is 3.67. The van der Waals surface area contributed by atoms with E-state index in [2.05, 4.69) is 38.4 Å². The molecule has 12 heavy (non-hydrogen) atoms. The molecule has 0 saturated heterocycles. The number of benzene rings is 1. The third-order valence-electron chi connectivity index (χ3n) is 2.22. The van der Waals surface area contributed by atoms with Crippen molar-refractivity contribution >= 4 is 27.8 Å². The number of hydrogen-bond donors (Lipinski definition) is 0. The van der Waals surface area contributed by atoms with E-state index in [1.165, 1.54) is 10.0 Å². The van der Waals surface area contributed by atoms with Crippen molar-refractivity contribution in [2.75, 3.05) is 14.1 Å². The molecule has 0 fully saturated rings. The molecule has 1 heterocycles. The molecule has 1 nitrogen and oxygen atoms in total. The molecule has 1 aliphatic rings. The van der Waals surface area contributed by atoms with Crippen molar-refractivity contribution in [1.82, 2.24) is 0 Å². The summed E-state index contributed by atoms with van der Waals surface area (Å²) in [7, 11) is 10.9. The zero-order chi connectivity index (χ0) is 8.77. The topological polar surface area (TPSA) is 0 Å². The molecule has 0 spiro atoms. The molecular weight excluding hydrogens is 237 g/mol. The standard InChI is InChI=1S/C9H13ClNSe/c1-11(2)7-8-5-3-4-6-9(8)12(11)10/h3-6,12H,7H2,1-2H3/q+1. The Labute approximate surface area is 81.9 Å². The molecule has 0 radical (unpaired) electrons. The number of rotatable bonds is 0. The molecule has 0 aromatic heterocycles. The SMILES string of the molecule is C[N+]1(C)Cc2ccccc2[SeH]1Cl. The second kappa shape index (κ2) is 2.74. The van der Waals surface area contributed by atoms with E-state index in [-0.39, 0.29) is 0 Å². The molecule has 1 aromatic carbocycles. The summed E-state index contributed by atoms with van der Waals surface area (Å²) in [5.41, 5.74) is 1.46. The Hall–Kier alpha value is -0.0105. The Bertz CT molecular complexity index is 311. The molecule has 0 bridgehead atoms. The summed E-state index contributed by atoms with van der Waals surface area (Å²) in [6.45, 7) is 1.11. The second-order valence-corrected chi connectivity index (χ2v) is 9.71. The van der Waals surface area contributed by atoms with Crippen LogP contribution in [0.5, 0.6) is 0 Å². The average Bonchev–Trinajstić information content (AvgIpc) is 2.24. The van der Waals surface area contributed by atoms with Crippen molar-refractivity contribution in [3.8, 4) is 0 Å². The summed E-state index contributed by atoms with van der Waals surface area (Å²) < 4.78 is 2.45. The van der Waals surface area contributed by atoms with Crippen LogP contribution in [0.3, 0.4) is 0 Å². The minimum atomic E-state index is -1.32. The van der Waals surface area contributed by atoms with Crippen molar-refractivity contribution < 1.29 is 3.50 Å². The van der Waals surface area contributed by atoms with Gasteiger partial charge < -0.3 is 0 Å². The summed E-state index contributed by atoms with van der Waals surface area (Å²) >= 11 is -1.32. The molecule has 0 amide bonds. The Balaban J connectivity index is 2.49. The van der Waals surface area contributed by atoms with Crippen LogP contribution in [0.15, 0.2) is 24.3 Å². The summed E-state index contributed by atoms with van der Waals surface area (Å²) in [4.78, 5) is 0. The first-order valence-corrected chi connectivity index (χ1v) is 8.23. The predicted octanol–water partition coefficient (Wildman–Crippen LogP) is 0.943. The van der Waals surface area contributed by atoms with Crippen LogP contribution in [0.1, 0.15) is 5.56 Å². The van der Waals surface area contributed by atoms with Gasteiger partial charge in [-0.05, 0) is 0 Å². The average molecular weight is 250 g/mol. The van der Waals surface area contributed by atoms with Gasteiger partial charge in [0.2, 0.25) is 0 Å². The van der Waals surface area contributed by atoms with E-state index >= 15 is 0 Å². The Kier molecular flexibility index (Phi) is 1.96. The van der Waals surface area contributed by atoms with E-state index in [1.54, 1.807) is 0 Å². The van der Waals surface area contributed by atoms with Gasteiger partial charge in [0.25, 0.3) is 0 Å². The van der Waals surface area contributed by atoms with Crippen LogP contribution in [-0.4, -0.2) is 30.8 Å². The molecular formula is C9H13ClNSe+. The Morgan fingerprint density at radius 1 is 1.33 bits per heavy atom. The molecule has 0 aliphatic carbocycles. The maximum absolute atomic E-state index is 6.45. The fourth-order valence-corrected chi connectivity index (χ4v) is 5.77. The summed E-state index contributed by atoms with van der Waals surface area (Å²) in [5, 5.41) is 0. The molecule has 3 heteroatoms. The van der Waals surface area contributed by atoms with E-state index in [0.717, 1.165) is 10.0 Å². The van der Waals surface area contributed by atoms with Crippen LogP contribution in [-0.2, 0) is 6.54 Å². The quantitative estimate of drug-likeness (QED) is 0.601. The number of fused-ring (bicyclic) bond motifs is 1. The summed E-state index contributed by atoms with van der Waals surface area (Å²) in [6, 6.07) is 8.58. The van der Waals surface area contributed by atoms with Crippen LogP contribution >= 0.6 is 10.1 Å². The predicted molar refractivity (Wildman–Crippen MR) is 54.9 cm³/mol. The van der Waals surface area contributed by atoms with Gasteiger partial charge in [-0.25, -0.2) is 0 Å². The third-order valence-corrected chi connectivity index (χ3v) is 9.34. The van der Waals surface area contributed by atoms with E-state index in [4.69, 9.17) is 10.1 Å². The Morgan fingerprint density at radius 2 is 2.00 bits per heavy atom. The monoisotopic (exact) mass is 250 g/mol. The fourth-order valence-electron chi connectivity index (χ4n) is 1.60. The van der Waals surface area contributed by atoms with Crippen LogP contribution < -0.4 is 4.46 Å². The van der Waals surface area contributed by atoms with Gasteiger partial charge in [0, 0.05) is 0 Å². The molecule has 66 valence electrons. The van der Waals surface area contributed by atoms with Crippen LogP contribution in [0, 0.1) is 0 Å². The molecule has 1 unspecified atom stereocenters. The number of halogens is 1. The van der Waals surface area contributed by atoms with Crippen LogP contribution in [0.2, 0.25) is 0 Å². The van der Waals surface area contributed by atoms with Crippen LogP contribution in [0.25, 0.3) is 0 Å². The van der Waals surface area contributed by atoms with Gasteiger partial charge in [0.1, 0.15) is 0 Å². The van der Waals surface area contributed by atoms with Crippen molar-refractivity contribution in [3.63, 3.8) is 0 Å². The first kappa shape index (κ1) is 8.58. The van der Waals surface area contributed by atoms with Gasteiger partial charge in [0.05, 0.1) is 0 Å². The van der Waals surface area contributed by atoms with Crippen molar-refractivity contribution in [1.29, 1.82) is 0 Å². The zero-order valence-electron chi connectivity index (χ0n) is 7.29. The third kappa shape index (κ3) is 1.20. The van der Waals surface area contributed by atoms with Gasteiger partial charge in [-0.1, -0.05) is 0 Å². The maximum atomic E-state index is 6.45. The first-order valence-electron chi connectivity index (χ1n) is 3.98. The fraction of sp³-hybridized carbons (Fsp3) is 0.333. The first-order chi connectivity index (χ1) is 5.61. The normalized spacial score (nSPS) is 28.4. The summed E-state index contributed by atoms with van der Waals surface area (Å²) in [6.07, 6.45) is 0. The molecule has 2 rings (SSSR count). The van der Waals surface area contributed by atoms with Gasteiger partial charge in [-0.3, -0.25) is 0 Å². The van der Waals surface area contributed by atoms with Gasteiger partial charge >= 0.3 is 81.7 Å². The van der Waals surface area contributed by atoms with Gasteiger partial charge in [-0.2, -0.15) is 0 Å². The van der Waals surface area contributed by atoms with Crippen molar-refractivity contribution in [3.05, 3.63) is 29.8 Å². The zero-order valence-corrected chi connectivity index (χ0v) is 9.92.